The third kappa shape index (κ3) is 2.83. The molecule has 21 heavy (non-hydrogen) atoms. The predicted octanol–water partition coefficient (Wildman–Crippen LogP) is 2.78. The molecule has 7 heteroatoms. The van der Waals surface area contributed by atoms with Crippen molar-refractivity contribution in [2.45, 2.75) is 25.6 Å². The molecule has 3 rings (SSSR count). The van der Waals surface area contributed by atoms with E-state index in [0.29, 0.717) is 30.8 Å². The molecular weight excluding hydrogens is 285 g/mol. The fraction of sp³-hybridized carbons (Fsp3) is 0.500. The minimum Gasteiger partial charge on any atom is -0.381 e. The number of hydrogen-bond acceptors (Lipinski definition) is 2. The Morgan fingerprint density at radius 3 is 2.86 bits per heavy atom. The molecule has 1 aromatic carbocycles. The molecule has 114 valence electrons. The number of H-pyrrole nitrogens is 1. The van der Waals surface area contributed by atoms with Gasteiger partial charge in [0.25, 0.3) is 0 Å². The van der Waals surface area contributed by atoms with Gasteiger partial charge in [0, 0.05) is 19.1 Å². The van der Waals surface area contributed by atoms with Crippen molar-refractivity contribution in [3.8, 4) is 0 Å². The number of alkyl halides is 3. The number of aromatic amines is 1. The van der Waals surface area contributed by atoms with Crippen molar-refractivity contribution in [3.05, 3.63) is 34.2 Å². The minimum absolute atomic E-state index is 0.157. The summed E-state index contributed by atoms with van der Waals surface area (Å²) in [5.41, 5.74) is -0.414. The van der Waals surface area contributed by atoms with Crippen molar-refractivity contribution in [2.24, 2.45) is 5.92 Å². The monoisotopic (exact) mass is 300 g/mol. The average Bonchev–Trinajstić information content (AvgIpc) is 2.75. The lowest BCUT2D eigenvalue weighted by Crippen LogP contribution is -2.27. The van der Waals surface area contributed by atoms with E-state index in [0.717, 1.165) is 25.0 Å². The Morgan fingerprint density at radius 2 is 2.19 bits per heavy atom. The second-order valence-corrected chi connectivity index (χ2v) is 5.35. The molecule has 0 spiro atoms. The number of aromatic nitrogens is 2. The molecular formula is C14H15F3N2O2. The van der Waals surface area contributed by atoms with Gasteiger partial charge in [-0.05, 0) is 31.0 Å². The molecule has 2 aromatic rings. The maximum Gasteiger partial charge on any atom is 0.416 e. The highest BCUT2D eigenvalue weighted by Gasteiger charge is 2.31. The smallest absolute Gasteiger partial charge is 0.381 e. The van der Waals surface area contributed by atoms with Crippen molar-refractivity contribution in [2.75, 3.05) is 13.2 Å². The van der Waals surface area contributed by atoms with Gasteiger partial charge in [0.1, 0.15) is 0 Å². The van der Waals surface area contributed by atoms with Crippen LogP contribution in [0, 0.1) is 5.92 Å². The van der Waals surface area contributed by atoms with Gasteiger partial charge in [-0.3, -0.25) is 4.57 Å². The van der Waals surface area contributed by atoms with E-state index in [4.69, 9.17) is 4.74 Å². The van der Waals surface area contributed by atoms with Crippen LogP contribution < -0.4 is 5.69 Å². The van der Waals surface area contributed by atoms with Crippen LogP contribution in [0.4, 0.5) is 13.2 Å². The highest BCUT2D eigenvalue weighted by molar-refractivity contribution is 5.76. The summed E-state index contributed by atoms with van der Waals surface area (Å²) in [5.74, 6) is 0.157. The van der Waals surface area contributed by atoms with Gasteiger partial charge in [0.05, 0.1) is 23.2 Å². The third-order valence-corrected chi connectivity index (χ3v) is 3.80. The van der Waals surface area contributed by atoms with Gasteiger partial charge in [-0.1, -0.05) is 0 Å². The van der Waals surface area contributed by atoms with Crippen LogP contribution in [0.15, 0.2) is 23.0 Å². The summed E-state index contributed by atoms with van der Waals surface area (Å²) in [6.07, 6.45) is -2.59. The largest absolute Gasteiger partial charge is 0.416 e. The fourth-order valence-corrected chi connectivity index (χ4v) is 2.72. The van der Waals surface area contributed by atoms with Crippen LogP contribution in [-0.2, 0) is 17.5 Å². The van der Waals surface area contributed by atoms with E-state index in [1.807, 2.05) is 0 Å². The second kappa shape index (κ2) is 5.22. The summed E-state index contributed by atoms with van der Waals surface area (Å²) in [6.45, 7) is 1.62. The summed E-state index contributed by atoms with van der Waals surface area (Å²) in [7, 11) is 0. The standard InChI is InChI=1S/C14H15F3N2O2/c15-14(16,17)10-3-4-11-12(6-10)19(13(20)18-11)7-9-2-1-5-21-8-9/h3-4,6,9H,1-2,5,7-8H2,(H,18,20). The lowest BCUT2D eigenvalue weighted by Gasteiger charge is -2.22. The zero-order valence-corrected chi connectivity index (χ0v) is 11.2. The Labute approximate surface area is 118 Å². The molecule has 1 aliphatic rings. The molecule has 1 aliphatic heterocycles. The molecule has 1 unspecified atom stereocenters. The van der Waals surface area contributed by atoms with Crippen LogP contribution in [0.5, 0.6) is 0 Å². The van der Waals surface area contributed by atoms with E-state index >= 15 is 0 Å². The van der Waals surface area contributed by atoms with Crippen molar-refractivity contribution in [1.82, 2.24) is 9.55 Å². The zero-order valence-electron chi connectivity index (χ0n) is 11.2. The summed E-state index contributed by atoms with van der Waals surface area (Å²) in [4.78, 5) is 14.6. The number of benzene rings is 1. The molecule has 0 bridgehead atoms. The van der Waals surface area contributed by atoms with E-state index < -0.39 is 11.7 Å². The van der Waals surface area contributed by atoms with E-state index in [1.54, 1.807) is 0 Å². The maximum absolute atomic E-state index is 12.8. The normalized spacial score (nSPS) is 20.0. The summed E-state index contributed by atoms with van der Waals surface area (Å²) in [5, 5.41) is 0. The second-order valence-electron chi connectivity index (χ2n) is 5.35. The molecule has 0 radical (unpaired) electrons. The number of hydrogen-bond donors (Lipinski definition) is 1. The van der Waals surface area contributed by atoms with Gasteiger partial charge in [-0.2, -0.15) is 13.2 Å². The van der Waals surface area contributed by atoms with E-state index in [-0.39, 0.29) is 11.6 Å². The van der Waals surface area contributed by atoms with Crippen molar-refractivity contribution in [1.29, 1.82) is 0 Å². The number of nitrogens with one attached hydrogen (secondary N) is 1. The minimum atomic E-state index is -4.42. The number of nitrogens with zero attached hydrogens (tertiary/aromatic N) is 1. The maximum atomic E-state index is 12.8. The van der Waals surface area contributed by atoms with Crippen LogP contribution in [0.25, 0.3) is 11.0 Å². The Morgan fingerprint density at radius 1 is 1.38 bits per heavy atom. The van der Waals surface area contributed by atoms with Crippen molar-refractivity contribution in [3.63, 3.8) is 0 Å². The number of halogens is 3. The van der Waals surface area contributed by atoms with Gasteiger partial charge in [0.2, 0.25) is 0 Å². The Bertz CT molecular complexity index is 696. The van der Waals surface area contributed by atoms with Crippen LogP contribution in [-0.4, -0.2) is 22.8 Å². The quantitative estimate of drug-likeness (QED) is 0.927. The Kier molecular flexibility index (Phi) is 3.52. The predicted molar refractivity (Wildman–Crippen MR) is 71.1 cm³/mol. The Hall–Kier alpha value is -1.76. The third-order valence-electron chi connectivity index (χ3n) is 3.80. The van der Waals surface area contributed by atoms with Crippen molar-refractivity contribution >= 4 is 11.0 Å². The van der Waals surface area contributed by atoms with E-state index in [1.165, 1.54) is 10.6 Å². The Balaban J connectivity index is 2.00. The summed E-state index contributed by atoms with van der Waals surface area (Å²) >= 11 is 0. The van der Waals surface area contributed by atoms with Gasteiger partial charge >= 0.3 is 11.9 Å². The highest BCUT2D eigenvalue weighted by atomic mass is 19.4. The number of fused-ring (bicyclic) bond motifs is 1. The SMILES string of the molecule is O=c1[nH]c2ccc(C(F)(F)F)cc2n1CC1CCCOC1. The number of ether oxygens (including phenoxy) is 1. The van der Waals surface area contributed by atoms with Gasteiger partial charge < -0.3 is 9.72 Å². The molecule has 0 amide bonds. The summed E-state index contributed by atoms with van der Waals surface area (Å²) in [6, 6.07) is 3.30. The molecule has 1 fully saturated rings. The lowest BCUT2D eigenvalue weighted by molar-refractivity contribution is -0.137. The number of rotatable bonds is 2. The summed E-state index contributed by atoms with van der Waals surface area (Å²) < 4.78 is 45.1. The van der Waals surface area contributed by atoms with Crippen LogP contribution in [0.1, 0.15) is 18.4 Å². The molecule has 4 nitrogen and oxygen atoms in total. The topological polar surface area (TPSA) is 47.0 Å². The van der Waals surface area contributed by atoms with Crippen LogP contribution in [0.3, 0.4) is 0 Å². The zero-order chi connectivity index (χ0) is 15.0. The van der Waals surface area contributed by atoms with Gasteiger partial charge in [-0.25, -0.2) is 4.79 Å². The average molecular weight is 300 g/mol. The molecule has 0 saturated carbocycles. The van der Waals surface area contributed by atoms with E-state index in [2.05, 4.69) is 4.98 Å². The van der Waals surface area contributed by atoms with Crippen LogP contribution >= 0.6 is 0 Å². The fourth-order valence-electron chi connectivity index (χ4n) is 2.72. The molecule has 2 heterocycles. The first kappa shape index (κ1) is 14.2. The lowest BCUT2D eigenvalue weighted by atomic mass is 10.0. The first-order chi connectivity index (χ1) is 9.95. The molecule has 1 aromatic heterocycles. The first-order valence-corrected chi connectivity index (χ1v) is 6.82. The van der Waals surface area contributed by atoms with Gasteiger partial charge in [-0.15, -0.1) is 0 Å². The molecule has 1 N–H and O–H groups in total. The highest BCUT2D eigenvalue weighted by Crippen LogP contribution is 2.31. The van der Waals surface area contributed by atoms with Crippen molar-refractivity contribution < 1.29 is 17.9 Å². The molecule has 1 atom stereocenters. The number of imidazole rings is 1. The van der Waals surface area contributed by atoms with E-state index in [9.17, 15) is 18.0 Å². The van der Waals surface area contributed by atoms with Gasteiger partial charge in [0.15, 0.2) is 0 Å². The molecule has 1 saturated heterocycles. The first-order valence-electron chi connectivity index (χ1n) is 6.82. The molecule has 0 aliphatic carbocycles. The van der Waals surface area contributed by atoms with Crippen LogP contribution in [0.2, 0.25) is 0 Å².